The molecule has 140 valence electrons. The molecule has 1 unspecified atom stereocenters. The molecule has 1 aromatic carbocycles. The number of amides is 1. The van der Waals surface area contributed by atoms with Gasteiger partial charge in [0.2, 0.25) is 0 Å². The molecule has 1 saturated heterocycles. The molecule has 7 nitrogen and oxygen atoms in total. The second kappa shape index (κ2) is 8.73. The number of furan rings is 1. The molecule has 1 fully saturated rings. The number of carbonyl (C=O) groups excluding carboxylic acids is 1. The minimum absolute atomic E-state index is 0.00885. The van der Waals surface area contributed by atoms with Gasteiger partial charge in [0.05, 0.1) is 45.3 Å². The lowest BCUT2D eigenvalue weighted by atomic mass is 10.0. The summed E-state index contributed by atoms with van der Waals surface area (Å²) in [5.74, 6) is 1.20. The first kappa shape index (κ1) is 18.3. The number of nitrogens with one attached hydrogen (secondary N) is 1. The van der Waals surface area contributed by atoms with Crippen LogP contribution >= 0.6 is 0 Å². The van der Waals surface area contributed by atoms with Gasteiger partial charge in [-0.2, -0.15) is 0 Å². The molecule has 0 radical (unpaired) electrons. The van der Waals surface area contributed by atoms with Crippen molar-refractivity contribution in [2.75, 3.05) is 47.1 Å². The standard InChI is InChI=1S/C19H24N2O5/c1-23-17-4-3-14(11-18(17)24-2)16(21-6-9-25-10-7-21)12-20-19(22)15-5-8-26-13-15/h3-5,8,11,13,16H,6-7,9-10,12H2,1-2H3,(H,20,22). The first-order valence-corrected chi connectivity index (χ1v) is 8.57. The van der Waals surface area contributed by atoms with Crippen LogP contribution in [0.4, 0.5) is 0 Å². The molecule has 3 rings (SSSR count). The van der Waals surface area contributed by atoms with Gasteiger partial charge in [-0.05, 0) is 23.8 Å². The monoisotopic (exact) mass is 360 g/mol. The van der Waals surface area contributed by atoms with E-state index in [1.165, 1.54) is 12.5 Å². The Morgan fingerprint density at radius 1 is 1.19 bits per heavy atom. The highest BCUT2D eigenvalue weighted by Gasteiger charge is 2.24. The fourth-order valence-corrected chi connectivity index (χ4v) is 3.09. The second-order valence-corrected chi connectivity index (χ2v) is 6.00. The van der Waals surface area contributed by atoms with Crippen molar-refractivity contribution in [3.63, 3.8) is 0 Å². The number of nitrogens with zero attached hydrogens (tertiary/aromatic N) is 1. The van der Waals surface area contributed by atoms with E-state index in [-0.39, 0.29) is 11.9 Å². The Bertz CT molecular complexity index is 711. The van der Waals surface area contributed by atoms with E-state index < -0.39 is 0 Å². The molecular weight excluding hydrogens is 336 g/mol. The van der Waals surface area contributed by atoms with Gasteiger partial charge in [0.1, 0.15) is 6.26 Å². The molecule has 1 aromatic heterocycles. The van der Waals surface area contributed by atoms with E-state index in [9.17, 15) is 4.79 Å². The first-order chi connectivity index (χ1) is 12.7. The van der Waals surface area contributed by atoms with Gasteiger partial charge in [-0.25, -0.2) is 0 Å². The van der Waals surface area contributed by atoms with Crippen LogP contribution in [0.5, 0.6) is 11.5 Å². The van der Waals surface area contributed by atoms with Crippen LogP contribution in [-0.2, 0) is 4.74 Å². The molecule has 0 spiro atoms. The number of hydrogen-bond donors (Lipinski definition) is 1. The fraction of sp³-hybridized carbons (Fsp3) is 0.421. The van der Waals surface area contributed by atoms with Crippen LogP contribution in [-0.4, -0.2) is 57.9 Å². The van der Waals surface area contributed by atoms with Crippen LogP contribution < -0.4 is 14.8 Å². The summed E-state index contributed by atoms with van der Waals surface area (Å²) in [6.07, 6.45) is 2.93. The maximum Gasteiger partial charge on any atom is 0.254 e. The third kappa shape index (κ3) is 4.17. The lowest BCUT2D eigenvalue weighted by Gasteiger charge is -2.35. The van der Waals surface area contributed by atoms with E-state index in [4.69, 9.17) is 18.6 Å². The Hall–Kier alpha value is -2.51. The molecule has 0 bridgehead atoms. The molecule has 2 heterocycles. The van der Waals surface area contributed by atoms with Crippen molar-refractivity contribution in [1.29, 1.82) is 0 Å². The van der Waals surface area contributed by atoms with Crippen LogP contribution in [0.1, 0.15) is 22.0 Å². The maximum atomic E-state index is 12.3. The summed E-state index contributed by atoms with van der Waals surface area (Å²) < 4.78 is 21.2. The van der Waals surface area contributed by atoms with Crippen molar-refractivity contribution < 1.29 is 23.4 Å². The van der Waals surface area contributed by atoms with Gasteiger partial charge in [-0.1, -0.05) is 6.07 Å². The highest BCUT2D eigenvalue weighted by Crippen LogP contribution is 2.32. The Kier molecular flexibility index (Phi) is 6.14. The third-order valence-electron chi connectivity index (χ3n) is 4.52. The average Bonchev–Trinajstić information content (AvgIpc) is 3.23. The van der Waals surface area contributed by atoms with Crippen LogP contribution in [0, 0.1) is 0 Å². The van der Waals surface area contributed by atoms with E-state index in [0.29, 0.717) is 36.8 Å². The fourth-order valence-electron chi connectivity index (χ4n) is 3.09. The summed E-state index contributed by atoms with van der Waals surface area (Å²) in [5.41, 5.74) is 1.56. The minimum Gasteiger partial charge on any atom is -0.493 e. The number of morpholine rings is 1. The maximum absolute atomic E-state index is 12.3. The van der Waals surface area contributed by atoms with Gasteiger partial charge in [-0.15, -0.1) is 0 Å². The Morgan fingerprint density at radius 2 is 1.96 bits per heavy atom. The van der Waals surface area contributed by atoms with Crippen molar-refractivity contribution >= 4 is 5.91 Å². The first-order valence-electron chi connectivity index (χ1n) is 8.57. The van der Waals surface area contributed by atoms with E-state index in [1.807, 2.05) is 18.2 Å². The molecule has 0 aliphatic carbocycles. The van der Waals surface area contributed by atoms with Crippen molar-refractivity contribution in [2.45, 2.75) is 6.04 Å². The molecule has 2 aromatic rings. The van der Waals surface area contributed by atoms with Crippen molar-refractivity contribution in [1.82, 2.24) is 10.2 Å². The Balaban J connectivity index is 1.79. The number of carbonyl (C=O) groups is 1. The Morgan fingerprint density at radius 3 is 2.62 bits per heavy atom. The zero-order chi connectivity index (χ0) is 18.4. The molecule has 0 saturated carbocycles. The van der Waals surface area contributed by atoms with Gasteiger partial charge in [0, 0.05) is 19.6 Å². The van der Waals surface area contributed by atoms with Gasteiger partial charge in [-0.3, -0.25) is 9.69 Å². The summed E-state index contributed by atoms with van der Waals surface area (Å²) in [4.78, 5) is 14.6. The summed E-state index contributed by atoms with van der Waals surface area (Å²) in [6.45, 7) is 3.44. The second-order valence-electron chi connectivity index (χ2n) is 6.00. The van der Waals surface area contributed by atoms with Crippen LogP contribution in [0.2, 0.25) is 0 Å². The molecule has 1 amide bonds. The average molecular weight is 360 g/mol. The molecule has 1 aliphatic rings. The van der Waals surface area contributed by atoms with Crippen LogP contribution in [0.25, 0.3) is 0 Å². The number of benzene rings is 1. The van der Waals surface area contributed by atoms with Crippen molar-refractivity contribution in [2.24, 2.45) is 0 Å². The van der Waals surface area contributed by atoms with E-state index >= 15 is 0 Å². The largest absolute Gasteiger partial charge is 0.493 e. The molecular formula is C19H24N2O5. The summed E-state index contributed by atoms with van der Waals surface area (Å²) in [7, 11) is 3.23. The predicted octanol–water partition coefficient (Wildman–Crippen LogP) is 2.10. The number of methoxy groups -OCH3 is 2. The van der Waals surface area contributed by atoms with E-state index in [0.717, 1.165) is 18.7 Å². The molecule has 1 N–H and O–H groups in total. The molecule has 1 aliphatic heterocycles. The zero-order valence-electron chi connectivity index (χ0n) is 15.1. The van der Waals surface area contributed by atoms with Gasteiger partial charge in [0.15, 0.2) is 11.5 Å². The molecule has 7 heteroatoms. The van der Waals surface area contributed by atoms with E-state index in [1.54, 1.807) is 20.3 Å². The van der Waals surface area contributed by atoms with Gasteiger partial charge < -0.3 is 23.9 Å². The topological polar surface area (TPSA) is 73.2 Å². The number of rotatable bonds is 7. The smallest absolute Gasteiger partial charge is 0.254 e. The van der Waals surface area contributed by atoms with Crippen molar-refractivity contribution in [3.8, 4) is 11.5 Å². The highest BCUT2D eigenvalue weighted by atomic mass is 16.5. The van der Waals surface area contributed by atoms with Crippen LogP contribution in [0.3, 0.4) is 0 Å². The normalized spacial score (nSPS) is 16.1. The number of hydrogen-bond acceptors (Lipinski definition) is 6. The molecule has 1 atom stereocenters. The lowest BCUT2D eigenvalue weighted by Crippen LogP contribution is -2.43. The third-order valence-corrected chi connectivity index (χ3v) is 4.52. The lowest BCUT2D eigenvalue weighted by molar-refractivity contribution is 0.0162. The van der Waals surface area contributed by atoms with Gasteiger partial charge in [0.25, 0.3) is 5.91 Å². The summed E-state index contributed by atoms with van der Waals surface area (Å²) >= 11 is 0. The minimum atomic E-state index is -0.155. The SMILES string of the molecule is COc1ccc(C(CNC(=O)c2ccoc2)N2CCOCC2)cc1OC. The quantitative estimate of drug-likeness (QED) is 0.815. The van der Waals surface area contributed by atoms with Crippen molar-refractivity contribution in [3.05, 3.63) is 47.9 Å². The Labute approximate surface area is 152 Å². The number of ether oxygens (including phenoxy) is 3. The molecule has 26 heavy (non-hydrogen) atoms. The zero-order valence-corrected chi connectivity index (χ0v) is 15.1. The highest BCUT2D eigenvalue weighted by molar-refractivity contribution is 5.93. The van der Waals surface area contributed by atoms with Crippen LogP contribution in [0.15, 0.2) is 41.2 Å². The van der Waals surface area contributed by atoms with E-state index in [2.05, 4.69) is 10.2 Å². The predicted molar refractivity (Wildman–Crippen MR) is 95.7 cm³/mol. The summed E-state index contributed by atoms with van der Waals surface area (Å²) in [6, 6.07) is 7.51. The van der Waals surface area contributed by atoms with Gasteiger partial charge >= 0.3 is 0 Å². The summed E-state index contributed by atoms with van der Waals surface area (Å²) in [5, 5.41) is 2.99.